The van der Waals surface area contributed by atoms with Crippen molar-refractivity contribution in [2.75, 3.05) is 13.6 Å². The monoisotopic (exact) mass is 388 g/mol. The zero-order valence-electron chi connectivity index (χ0n) is 14.2. The van der Waals surface area contributed by atoms with Crippen LogP contribution in [0.15, 0.2) is 23.0 Å². The number of benzene rings is 1. The van der Waals surface area contributed by atoms with E-state index in [1.54, 1.807) is 22.8 Å². The van der Waals surface area contributed by atoms with E-state index in [-0.39, 0.29) is 22.5 Å². The first-order valence-electron chi connectivity index (χ1n) is 8.44. The van der Waals surface area contributed by atoms with Crippen LogP contribution in [0.3, 0.4) is 0 Å². The molecule has 0 radical (unpaired) electrons. The van der Waals surface area contributed by atoms with E-state index >= 15 is 0 Å². The highest BCUT2D eigenvalue weighted by Gasteiger charge is 2.43. The molecule has 2 aliphatic heterocycles. The molecular weight excluding hydrogens is 375 g/mol. The maximum absolute atomic E-state index is 14.0. The van der Waals surface area contributed by atoms with Crippen LogP contribution in [0, 0.1) is 5.82 Å². The van der Waals surface area contributed by atoms with Crippen LogP contribution in [0.5, 0.6) is 0 Å². The van der Waals surface area contributed by atoms with E-state index in [2.05, 4.69) is 20.4 Å². The standard InChI is InChI=1S/C17H14ClFN6O2/c1-20-6-11-22-16(23-27-11)14-15-10-4-5-24(10)17(26)12-9(25(15)7-21-14)3-2-8(19)13(12)18/h2-3,7,10,20H,4-6H2,1H3/t10-/m0/s1. The molecule has 4 heterocycles. The number of carbonyl (C=O) groups excluding carboxylic acids is 1. The van der Waals surface area contributed by atoms with E-state index in [0.29, 0.717) is 36.2 Å². The lowest BCUT2D eigenvalue weighted by molar-refractivity contribution is 0.0461. The van der Waals surface area contributed by atoms with E-state index in [1.165, 1.54) is 12.1 Å². The Balaban J connectivity index is 1.73. The van der Waals surface area contributed by atoms with Gasteiger partial charge < -0.3 is 14.7 Å². The first-order valence-corrected chi connectivity index (χ1v) is 8.82. The molecule has 10 heteroatoms. The van der Waals surface area contributed by atoms with Crippen LogP contribution in [0.4, 0.5) is 4.39 Å². The second-order valence-electron chi connectivity index (χ2n) is 6.45. The maximum Gasteiger partial charge on any atom is 0.258 e. The van der Waals surface area contributed by atoms with Gasteiger partial charge in [0.1, 0.15) is 17.8 Å². The van der Waals surface area contributed by atoms with Gasteiger partial charge in [-0.25, -0.2) is 9.37 Å². The fourth-order valence-electron chi connectivity index (χ4n) is 3.62. The van der Waals surface area contributed by atoms with Crippen LogP contribution >= 0.6 is 11.6 Å². The molecular formula is C17H14ClFN6O2. The zero-order valence-corrected chi connectivity index (χ0v) is 15.0. The number of halogens is 2. The number of rotatable bonds is 3. The SMILES string of the molecule is CNCc1nc(-c2ncn3c2[C@@H]2CCN2C(=O)c2c-3ccc(F)c2Cl)no1. The number of nitrogens with one attached hydrogen (secondary N) is 1. The summed E-state index contributed by atoms with van der Waals surface area (Å²) >= 11 is 6.14. The van der Waals surface area contributed by atoms with Gasteiger partial charge in [0.15, 0.2) is 0 Å². The molecule has 138 valence electrons. The van der Waals surface area contributed by atoms with Crippen molar-refractivity contribution < 1.29 is 13.7 Å². The van der Waals surface area contributed by atoms with E-state index in [9.17, 15) is 9.18 Å². The van der Waals surface area contributed by atoms with Gasteiger partial charge in [-0.15, -0.1) is 0 Å². The Kier molecular flexibility index (Phi) is 3.56. The van der Waals surface area contributed by atoms with Crippen LogP contribution in [0.25, 0.3) is 17.2 Å². The van der Waals surface area contributed by atoms with Crippen molar-refractivity contribution in [1.82, 2.24) is 29.9 Å². The van der Waals surface area contributed by atoms with Crippen LogP contribution in [-0.4, -0.2) is 44.1 Å². The number of hydrogen-bond acceptors (Lipinski definition) is 6. The molecule has 0 aliphatic carbocycles. The summed E-state index contributed by atoms with van der Waals surface area (Å²) in [6, 6.07) is 2.59. The Labute approximate surface area is 157 Å². The van der Waals surface area contributed by atoms with Crippen molar-refractivity contribution in [1.29, 1.82) is 0 Å². The molecule has 2 aliphatic rings. The van der Waals surface area contributed by atoms with Crippen molar-refractivity contribution >= 4 is 17.5 Å². The van der Waals surface area contributed by atoms with E-state index in [4.69, 9.17) is 16.1 Å². The lowest BCUT2D eigenvalue weighted by Crippen LogP contribution is -2.44. The summed E-state index contributed by atoms with van der Waals surface area (Å²) in [5, 5.41) is 6.78. The summed E-state index contributed by atoms with van der Waals surface area (Å²) in [5.74, 6) is -0.122. The lowest BCUT2D eigenvalue weighted by Gasteiger charge is -2.39. The minimum Gasteiger partial charge on any atom is -0.337 e. The van der Waals surface area contributed by atoms with Gasteiger partial charge in [-0.1, -0.05) is 16.8 Å². The fourth-order valence-corrected chi connectivity index (χ4v) is 3.86. The molecule has 1 atom stereocenters. The second-order valence-corrected chi connectivity index (χ2v) is 6.83. The summed E-state index contributed by atoms with van der Waals surface area (Å²) < 4.78 is 21.0. The Morgan fingerprint density at radius 3 is 3.04 bits per heavy atom. The number of nitrogens with zero attached hydrogens (tertiary/aromatic N) is 5. The number of amides is 1. The number of fused-ring (bicyclic) bond motifs is 5. The van der Waals surface area contributed by atoms with Crippen LogP contribution in [0.1, 0.15) is 34.4 Å². The molecule has 2 aromatic heterocycles. The van der Waals surface area contributed by atoms with E-state index in [0.717, 1.165) is 12.1 Å². The van der Waals surface area contributed by atoms with Crippen molar-refractivity contribution in [2.24, 2.45) is 0 Å². The van der Waals surface area contributed by atoms with Crippen molar-refractivity contribution in [3.63, 3.8) is 0 Å². The number of carbonyl (C=O) groups is 1. The Bertz CT molecular complexity index is 1080. The molecule has 0 saturated carbocycles. The summed E-state index contributed by atoms with van der Waals surface area (Å²) in [7, 11) is 1.78. The van der Waals surface area contributed by atoms with Gasteiger partial charge in [0, 0.05) is 6.54 Å². The van der Waals surface area contributed by atoms with Crippen molar-refractivity contribution in [3.05, 3.63) is 46.4 Å². The first kappa shape index (κ1) is 16.4. The largest absolute Gasteiger partial charge is 0.337 e. The van der Waals surface area contributed by atoms with Gasteiger partial charge in [-0.2, -0.15) is 4.98 Å². The highest BCUT2D eigenvalue weighted by Crippen LogP contribution is 2.44. The minimum absolute atomic E-state index is 0.146. The molecule has 27 heavy (non-hydrogen) atoms. The topological polar surface area (TPSA) is 89.1 Å². The van der Waals surface area contributed by atoms with Gasteiger partial charge >= 0.3 is 0 Å². The van der Waals surface area contributed by atoms with Gasteiger partial charge in [0.05, 0.1) is 34.6 Å². The smallest absolute Gasteiger partial charge is 0.258 e. The number of imidazole rings is 1. The molecule has 1 saturated heterocycles. The minimum atomic E-state index is -0.625. The quantitative estimate of drug-likeness (QED) is 0.740. The van der Waals surface area contributed by atoms with Gasteiger partial charge in [-0.05, 0) is 25.6 Å². The summed E-state index contributed by atoms with van der Waals surface area (Å²) in [5.41, 5.74) is 1.95. The molecule has 0 spiro atoms. The zero-order chi connectivity index (χ0) is 18.7. The van der Waals surface area contributed by atoms with Crippen LogP contribution in [0.2, 0.25) is 5.02 Å². The fraction of sp³-hybridized carbons (Fsp3) is 0.294. The molecule has 1 amide bonds. The Morgan fingerprint density at radius 2 is 2.30 bits per heavy atom. The van der Waals surface area contributed by atoms with Gasteiger partial charge in [0.2, 0.25) is 11.7 Å². The average Bonchev–Trinajstić information content (AvgIpc) is 3.22. The molecule has 3 aromatic rings. The third-order valence-electron chi connectivity index (χ3n) is 4.95. The van der Waals surface area contributed by atoms with E-state index in [1.807, 2.05) is 0 Å². The second kappa shape index (κ2) is 5.86. The van der Waals surface area contributed by atoms with Crippen molar-refractivity contribution in [3.8, 4) is 17.2 Å². The predicted molar refractivity (Wildman–Crippen MR) is 93.0 cm³/mol. The van der Waals surface area contributed by atoms with Crippen LogP contribution in [-0.2, 0) is 6.54 Å². The highest BCUT2D eigenvalue weighted by atomic mass is 35.5. The van der Waals surface area contributed by atoms with Crippen LogP contribution < -0.4 is 5.32 Å². The maximum atomic E-state index is 14.0. The Morgan fingerprint density at radius 1 is 1.44 bits per heavy atom. The highest BCUT2D eigenvalue weighted by molar-refractivity contribution is 6.34. The molecule has 5 rings (SSSR count). The van der Waals surface area contributed by atoms with Crippen molar-refractivity contribution in [2.45, 2.75) is 19.0 Å². The summed E-state index contributed by atoms with van der Waals surface area (Å²) in [4.78, 5) is 23.5. The molecule has 1 N–H and O–H groups in total. The molecule has 0 bridgehead atoms. The van der Waals surface area contributed by atoms with Gasteiger partial charge in [-0.3, -0.25) is 9.36 Å². The van der Waals surface area contributed by atoms with Gasteiger partial charge in [0.25, 0.3) is 5.91 Å². The number of hydrogen-bond donors (Lipinski definition) is 1. The molecule has 8 nitrogen and oxygen atoms in total. The number of aromatic nitrogens is 4. The lowest BCUT2D eigenvalue weighted by atomic mass is 9.97. The average molecular weight is 389 g/mol. The summed E-state index contributed by atoms with van der Waals surface area (Å²) in [6.45, 7) is 1.01. The normalized spacial score (nSPS) is 17.8. The molecule has 1 fully saturated rings. The third-order valence-corrected chi connectivity index (χ3v) is 5.32. The Hall–Kier alpha value is -2.78. The van der Waals surface area contributed by atoms with E-state index < -0.39 is 5.82 Å². The molecule has 0 unspecified atom stereocenters. The molecule has 1 aromatic carbocycles. The third kappa shape index (κ3) is 2.25. The predicted octanol–water partition coefficient (Wildman–Crippen LogP) is 2.33. The summed E-state index contributed by atoms with van der Waals surface area (Å²) in [6.07, 6.45) is 2.35. The first-order chi connectivity index (χ1) is 13.1.